The summed E-state index contributed by atoms with van der Waals surface area (Å²) in [5.41, 5.74) is 2.15. The van der Waals surface area contributed by atoms with Gasteiger partial charge in [0.25, 0.3) is 0 Å². The topological polar surface area (TPSA) is 64.4 Å². The van der Waals surface area contributed by atoms with Crippen LogP contribution in [0.3, 0.4) is 0 Å². The van der Waals surface area contributed by atoms with Gasteiger partial charge < -0.3 is 23.5 Å². The van der Waals surface area contributed by atoms with Crippen molar-refractivity contribution >= 4 is 27.6 Å². The summed E-state index contributed by atoms with van der Waals surface area (Å²) in [4.78, 5) is 16.9. The molecule has 1 aliphatic rings. The first-order valence-corrected chi connectivity index (χ1v) is 11.1. The zero-order chi connectivity index (χ0) is 22.5. The number of benzene rings is 2. The molecule has 0 bridgehead atoms. The molecule has 3 aromatic rings. The Morgan fingerprint density at radius 1 is 0.969 bits per heavy atom. The molecule has 1 aliphatic heterocycles. The van der Waals surface area contributed by atoms with Crippen molar-refractivity contribution in [1.29, 1.82) is 0 Å². The molecular formula is C24H25BrN2O5. The van der Waals surface area contributed by atoms with E-state index >= 15 is 0 Å². The number of hydrogen-bond acceptors (Lipinski definition) is 7. The van der Waals surface area contributed by atoms with E-state index in [1.165, 1.54) is 6.26 Å². The number of rotatable bonds is 7. The van der Waals surface area contributed by atoms with Crippen molar-refractivity contribution < 1.29 is 23.4 Å². The van der Waals surface area contributed by atoms with Crippen molar-refractivity contribution in [3.05, 3.63) is 70.6 Å². The minimum Gasteiger partial charge on any atom is -0.497 e. The van der Waals surface area contributed by atoms with Crippen LogP contribution in [0.2, 0.25) is 0 Å². The molecule has 32 heavy (non-hydrogen) atoms. The Labute approximate surface area is 195 Å². The van der Waals surface area contributed by atoms with Crippen LogP contribution in [0.15, 0.2) is 63.7 Å². The number of methoxy groups -OCH3 is 2. The summed E-state index contributed by atoms with van der Waals surface area (Å²) in [6, 6.07) is 14.8. The fourth-order valence-corrected chi connectivity index (χ4v) is 4.21. The molecule has 0 atom stereocenters. The standard InChI is InChI=1S/C24H25BrN2O5/c1-29-19-12-17(13-20(14-19)30-2)16-26-7-9-27(10-8-26)22-15-18(5-6-21(22)25)32-24(28)23-4-3-11-31-23/h3-6,11-15H,7-10,16H2,1-2H3. The quantitative estimate of drug-likeness (QED) is 0.346. The maximum Gasteiger partial charge on any atom is 0.379 e. The van der Waals surface area contributed by atoms with Crippen LogP contribution in [0.1, 0.15) is 16.1 Å². The molecule has 1 saturated heterocycles. The van der Waals surface area contributed by atoms with Gasteiger partial charge in [-0.15, -0.1) is 0 Å². The summed E-state index contributed by atoms with van der Waals surface area (Å²) in [6.45, 7) is 4.35. The maximum absolute atomic E-state index is 12.2. The van der Waals surface area contributed by atoms with Gasteiger partial charge in [-0.05, 0) is 57.9 Å². The van der Waals surface area contributed by atoms with Crippen molar-refractivity contribution in [1.82, 2.24) is 4.90 Å². The summed E-state index contributed by atoms with van der Waals surface area (Å²) in [5, 5.41) is 0. The van der Waals surface area contributed by atoms with Crippen LogP contribution in [0.4, 0.5) is 5.69 Å². The van der Waals surface area contributed by atoms with E-state index in [4.69, 9.17) is 18.6 Å². The first kappa shape index (κ1) is 22.2. The number of carbonyl (C=O) groups excluding carboxylic acids is 1. The highest BCUT2D eigenvalue weighted by Gasteiger charge is 2.21. The highest BCUT2D eigenvalue weighted by Crippen LogP contribution is 2.32. The molecule has 1 fully saturated rings. The second-order valence-corrected chi connectivity index (χ2v) is 8.32. The van der Waals surface area contributed by atoms with Crippen molar-refractivity contribution in [3.8, 4) is 17.2 Å². The van der Waals surface area contributed by atoms with Crippen LogP contribution >= 0.6 is 15.9 Å². The molecule has 0 spiro atoms. The van der Waals surface area contributed by atoms with E-state index < -0.39 is 5.97 Å². The molecule has 4 rings (SSSR count). The SMILES string of the molecule is COc1cc(CN2CCN(c3cc(OC(=O)c4ccco4)ccc3Br)CC2)cc(OC)c1. The van der Waals surface area contributed by atoms with Crippen LogP contribution in [0, 0.1) is 0 Å². The maximum atomic E-state index is 12.2. The number of esters is 1. The number of ether oxygens (including phenoxy) is 3. The average molecular weight is 501 g/mol. The Bertz CT molecular complexity index is 1040. The van der Waals surface area contributed by atoms with Gasteiger partial charge in [-0.1, -0.05) is 0 Å². The van der Waals surface area contributed by atoms with Crippen LogP contribution in [-0.2, 0) is 6.54 Å². The van der Waals surface area contributed by atoms with Crippen molar-refractivity contribution in [2.75, 3.05) is 45.3 Å². The zero-order valence-electron chi connectivity index (χ0n) is 18.0. The monoisotopic (exact) mass is 500 g/mol. The Kier molecular flexibility index (Phi) is 7.02. The third-order valence-electron chi connectivity index (χ3n) is 5.38. The van der Waals surface area contributed by atoms with Crippen molar-refractivity contribution in [2.45, 2.75) is 6.54 Å². The Morgan fingerprint density at radius 3 is 2.31 bits per heavy atom. The summed E-state index contributed by atoms with van der Waals surface area (Å²) in [6.07, 6.45) is 1.45. The number of carbonyl (C=O) groups is 1. The van der Waals surface area contributed by atoms with Gasteiger partial charge in [-0.3, -0.25) is 4.90 Å². The van der Waals surface area contributed by atoms with Gasteiger partial charge in [-0.2, -0.15) is 0 Å². The lowest BCUT2D eigenvalue weighted by atomic mass is 10.1. The van der Waals surface area contributed by atoms with Crippen LogP contribution in [0.5, 0.6) is 17.2 Å². The Hall–Kier alpha value is -2.97. The normalized spacial score (nSPS) is 14.3. The van der Waals surface area contributed by atoms with Crippen LogP contribution in [-0.4, -0.2) is 51.3 Å². The molecular weight excluding hydrogens is 476 g/mol. The molecule has 168 valence electrons. The van der Waals surface area contributed by atoms with E-state index in [-0.39, 0.29) is 5.76 Å². The molecule has 0 unspecified atom stereocenters. The van der Waals surface area contributed by atoms with Gasteiger partial charge >= 0.3 is 5.97 Å². The van der Waals surface area contributed by atoms with Crippen LogP contribution < -0.4 is 19.1 Å². The molecule has 2 heterocycles. The molecule has 0 radical (unpaired) electrons. The van der Waals surface area contributed by atoms with Crippen molar-refractivity contribution in [2.24, 2.45) is 0 Å². The Morgan fingerprint density at radius 2 is 1.69 bits per heavy atom. The van der Waals surface area contributed by atoms with Crippen molar-refractivity contribution in [3.63, 3.8) is 0 Å². The van der Waals surface area contributed by atoms with Gasteiger partial charge in [-0.25, -0.2) is 4.79 Å². The predicted octanol–water partition coefficient (Wildman–Crippen LogP) is 4.60. The first-order chi connectivity index (χ1) is 15.6. The highest BCUT2D eigenvalue weighted by molar-refractivity contribution is 9.10. The lowest BCUT2D eigenvalue weighted by molar-refractivity contribution is 0.0701. The van der Waals surface area contributed by atoms with Gasteiger partial charge in [0.05, 0.1) is 26.2 Å². The number of anilines is 1. The molecule has 0 amide bonds. The molecule has 0 saturated carbocycles. The smallest absolute Gasteiger partial charge is 0.379 e. The number of hydrogen-bond donors (Lipinski definition) is 0. The Balaban J connectivity index is 1.39. The van der Waals surface area contributed by atoms with E-state index in [1.54, 1.807) is 32.4 Å². The van der Waals surface area contributed by atoms with Gasteiger partial charge in [0.2, 0.25) is 5.76 Å². The van der Waals surface area contributed by atoms with Gasteiger partial charge in [0.1, 0.15) is 17.2 Å². The number of nitrogens with zero attached hydrogens (tertiary/aromatic N) is 2. The predicted molar refractivity (Wildman–Crippen MR) is 125 cm³/mol. The third-order valence-corrected chi connectivity index (χ3v) is 6.05. The first-order valence-electron chi connectivity index (χ1n) is 10.3. The van der Waals surface area contributed by atoms with E-state index in [0.717, 1.165) is 59.9 Å². The number of furan rings is 1. The fourth-order valence-electron chi connectivity index (χ4n) is 3.71. The van der Waals surface area contributed by atoms with Crippen LogP contribution in [0.25, 0.3) is 0 Å². The highest BCUT2D eigenvalue weighted by atomic mass is 79.9. The zero-order valence-corrected chi connectivity index (χ0v) is 19.6. The van der Waals surface area contributed by atoms with E-state index in [2.05, 4.69) is 25.7 Å². The summed E-state index contributed by atoms with van der Waals surface area (Å²) >= 11 is 3.63. The van der Waals surface area contributed by atoms with Gasteiger partial charge in [0, 0.05) is 49.3 Å². The summed E-state index contributed by atoms with van der Waals surface area (Å²) < 4.78 is 22.3. The minimum atomic E-state index is -0.512. The third kappa shape index (κ3) is 5.26. The summed E-state index contributed by atoms with van der Waals surface area (Å²) in [7, 11) is 3.32. The number of halogens is 1. The lowest BCUT2D eigenvalue weighted by Crippen LogP contribution is -2.46. The van der Waals surface area contributed by atoms with E-state index in [0.29, 0.717) is 5.75 Å². The molecule has 0 N–H and O–H groups in total. The fraction of sp³-hybridized carbons (Fsp3) is 0.292. The largest absolute Gasteiger partial charge is 0.497 e. The molecule has 0 aliphatic carbocycles. The van der Waals surface area contributed by atoms with Gasteiger partial charge in [0.15, 0.2) is 0 Å². The molecule has 2 aromatic carbocycles. The number of piperazine rings is 1. The summed E-state index contributed by atoms with van der Waals surface area (Å²) in [5.74, 6) is 1.74. The minimum absolute atomic E-state index is 0.178. The second kappa shape index (κ2) is 10.1. The molecule has 8 heteroatoms. The average Bonchev–Trinajstić information content (AvgIpc) is 3.36. The lowest BCUT2D eigenvalue weighted by Gasteiger charge is -2.36. The van der Waals surface area contributed by atoms with E-state index in [1.807, 2.05) is 30.3 Å². The molecule has 7 nitrogen and oxygen atoms in total. The second-order valence-electron chi connectivity index (χ2n) is 7.46. The van der Waals surface area contributed by atoms with E-state index in [9.17, 15) is 4.79 Å². The molecule has 1 aromatic heterocycles.